The van der Waals surface area contributed by atoms with Gasteiger partial charge in [-0.15, -0.1) is 0 Å². The number of carbonyl (C=O) groups is 1. The zero-order chi connectivity index (χ0) is 21.2. The zero-order valence-electron chi connectivity index (χ0n) is 15.6. The van der Waals surface area contributed by atoms with Crippen molar-refractivity contribution in [2.75, 3.05) is 20.3 Å². The zero-order valence-corrected chi connectivity index (χ0v) is 16.3. The average Bonchev–Trinajstić information content (AvgIpc) is 2.71. The smallest absolute Gasteiger partial charge is 0.312 e. The number of methoxy groups -OCH3 is 1. The number of carbonyl (C=O) groups excluding carboxylic acids is 1. The molecule has 9 heteroatoms. The minimum atomic E-state index is -0.611. The van der Waals surface area contributed by atoms with Crippen LogP contribution in [0.5, 0.6) is 11.5 Å². The molecule has 2 aromatic carbocycles. The quantitative estimate of drug-likeness (QED) is 0.217. The standard InChI is InChI=1S/C20H18ClN3O5/c1-28-10-4-9-23-20(25)15(13-22)11-14-7-8-19(17(12-14)24(26)27)29-18-6-3-2-5-16(18)21/h2-3,5-8,11-12H,4,9-10H2,1H3,(H,23,25). The molecule has 2 rings (SSSR count). The molecule has 0 radical (unpaired) electrons. The number of hydrogen-bond donors (Lipinski definition) is 1. The molecule has 0 saturated carbocycles. The van der Waals surface area contributed by atoms with Gasteiger partial charge in [0.25, 0.3) is 5.91 Å². The molecule has 150 valence electrons. The van der Waals surface area contributed by atoms with Gasteiger partial charge in [0.15, 0.2) is 0 Å². The first-order chi connectivity index (χ1) is 14.0. The van der Waals surface area contributed by atoms with Gasteiger partial charge in [0.1, 0.15) is 17.4 Å². The van der Waals surface area contributed by atoms with Gasteiger partial charge in [0.2, 0.25) is 5.75 Å². The third-order valence-electron chi connectivity index (χ3n) is 3.72. The maximum absolute atomic E-state index is 12.1. The second kappa shape index (κ2) is 10.8. The van der Waals surface area contributed by atoms with Gasteiger partial charge >= 0.3 is 5.69 Å². The lowest BCUT2D eigenvalue weighted by molar-refractivity contribution is -0.385. The highest BCUT2D eigenvalue weighted by molar-refractivity contribution is 6.32. The highest BCUT2D eigenvalue weighted by Gasteiger charge is 2.18. The van der Waals surface area contributed by atoms with Crippen molar-refractivity contribution < 1.29 is 19.2 Å². The minimum absolute atomic E-state index is 0.0113. The average molecular weight is 416 g/mol. The van der Waals surface area contributed by atoms with E-state index in [4.69, 9.17) is 21.1 Å². The molecular formula is C20H18ClN3O5. The third-order valence-corrected chi connectivity index (χ3v) is 4.04. The number of rotatable bonds is 9. The van der Waals surface area contributed by atoms with Gasteiger partial charge in [-0.25, -0.2) is 0 Å². The first-order valence-corrected chi connectivity index (χ1v) is 8.93. The van der Waals surface area contributed by atoms with E-state index in [-0.39, 0.29) is 22.8 Å². The molecule has 8 nitrogen and oxygen atoms in total. The Morgan fingerprint density at radius 3 is 2.72 bits per heavy atom. The fourth-order valence-corrected chi connectivity index (χ4v) is 2.50. The lowest BCUT2D eigenvalue weighted by atomic mass is 10.1. The summed E-state index contributed by atoms with van der Waals surface area (Å²) in [7, 11) is 1.55. The van der Waals surface area contributed by atoms with Crippen LogP contribution in [0, 0.1) is 21.4 Å². The molecule has 0 aliphatic heterocycles. The summed E-state index contributed by atoms with van der Waals surface area (Å²) in [5.41, 5.74) is -0.181. The molecule has 29 heavy (non-hydrogen) atoms. The summed E-state index contributed by atoms with van der Waals surface area (Å²) in [6.07, 6.45) is 1.87. The van der Waals surface area contributed by atoms with Gasteiger partial charge in [0.05, 0.1) is 9.95 Å². The Morgan fingerprint density at radius 2 is 2.07 bits per heavy atom. The molecular weight excluding hydrogens is 398 g/mol. The van der Waals surface area contributed by atoms with Crippen molar-refractivity contribution in [2.24, 2.45) is 0 Å². The maximum atomic E-state index is 12.1. The normalized spacial score (nSPS) is 10.9. The third kappa shape index (κ3) is 6.31. The van der Waals surface area contributed by atoms with Crippen LogP contribution in [-0.4, -0.2) is 31.1 Å². The number of nitro benzene ring substituents is 1. The summed E-state index contributed by atoms with van der Waals surface area (Å²) in [6, 6.07) is 12.5. The SMILES string of the molecule is COCCCNC(=O)C(C#N)=Cc1ccc(Oc2ccccc2Cl)c([N+](=O)[O-])c1. The van der Waals surface area contributed by atoms with Crippen LogP contribution in [0.2, 0.25) is 5.02 Å². The highest BCUT2D eigenvalue weighted by atomic mass is 35.5. The monoisotopic (exact) mass is 415 g/mol. The Hall–Kier alpha value is -3.41. The van der Waals surface area contributed by atoms with Crippen LogP contribution in [0.15, 0.2) is 48.0 Å². The molecule has 0 atom stereocenters. The molecule has 0 aliphatic rings. The number of nitrogens with one attached hydrogen (secondary N) is 1. The van der Waals surface area contributed by atoms with Crippen LogP contribution in [0.4, 0.5) is 5.69 Å². The second-order valence-corrected chi connectivity index (χ2v) is 6.20. The van der Waals surface area contributed by atoms with E-state index < -0.39 is 10.8 Å². The largest absolute Gasteiger partial charge is 0.449 e. The Morgan fingerprint density at radius 1 is 1.31 bits per heavy atom. The predicted molar refractivity (Wildman–Crippen MR) is 108 cm³/mol. The number of hydrogen-bond acceptors (Lipinski definition) is 6. The lowest BCUT2D eigenvalue weighted by Gasteiger charge is -2.08. The van der Waals surface area contributed by atoms with Crippen LogP contribution in [0.25, 0.3) is 6.08 Å². The molecule has 2 aromatic rings. The van der Waals surface area contributed by atoms with E-state index in [1.807, 2.05) is 0 Å². The van der Waals surface area contributed by atoms with Crippen LogP contribution < -0.4 is 10.1 Å². The van der Waals surface area contributed by atoms with Crippen molar-refractivity contribution in [3.63, 3.8) is 0 Å². The Bertz CT molecular complexity index is 969. The minimum Gasteiger partial charge on any atom is -0.449 e. The second-order valence-electron chi connectivity index (χ2n) is 5.79. The van der Waals surface area contributed by atoms with Crippen molar-refractivity contribution >= 4 is 29.3 Å². The van der Waals surface area contributed by atoms with E-state index in [9.17, 15) is 20.2 Å². The van der Waals surface area contributed by atoms with Gasteiger partial charge < -0.3 is 14.8 Å². The number of nitriles is 1. The fourth-order valence-electron chi connectivity index (χ4n) is 2.33. The van der Waals surface area contributed by atoms with E-state index >= 15 is 0 Å². The van der Waals surface area contributed by atoms with Crippen LogP contribution in [0.1, 0.15) is 12.0 Å². The van der Waals surface area contributed by atoms with Gasteiger partial charge in [0, 0.05) is 26.3 Å². The van der Waals surface area contributed by atoms with E-state index in [0.29, 0.717) is 30.2 Å². The Balaban J connectivity index is 2.25. The molecule has 0 saturated heterocycles. The van der Waals surface area contributed by atoms with Gasteiger partial charge in [-0.05, 0) is 36.3 Å². The van der Waals surface area contributed by atoms with Crippen LogP contribution in [-0.2, 0) is 9.53 Å². The summed E-state index contributed by atoms with van der Waals surface area (Å²) in [4.78, 5) is 22.9. The molecule has 0 unspecified atom stereocenters. The summed E-state index contributed by atoms with van der Waals surface area (Å²) < 4.78 is 10.4. The van der Waals surface area contributed by atoms with E-state index in [1.165, 1.54) is 24.3 Å². The van der Waals surface area contributed by atoms with Crippen molar-refractivity contribution in [2.45, 2.75) is 6.42 Å². The molecule has 0 spiro atoms. The number of nitro groups is 1. The van der Waals surface area contributed by atoms with Crippen LogP contribution >= 0.6 is 11.6 Å². The molecule has 0 aromatic heterocycles. The maximum Gasteiger partial charge on any atom is 0.312 e. The molecule has 1 amide bonds. The first kappa shape index (κ1) is 21.9. The van der Waals surface area contributed by atoms with E-state index in [1.54, 1.807) is 37.4 Å². The van der Waals surface area contributed by atoms with Crippen LogP contribution in [0.3, 0.4) is 0 Å². The molecule has 0 fully saturated rings. The van der Waals surface area contributed by atoms with Crippen molar-refractivity contribution in [3.8, 4) is 17.6 Å². The molecule has 1 N–H and O–H groups in total. The molecule has 0 aliphatic carbocycles. The summed E-state index contributed by atoms with van der Waals surface area (Å²) >= 11 is 6.03. The number of para-hydroxylation sites is 1. The Kier molecular flexibility index (Phi) is 8.15. The fraction of sp³-hybridized carbons (Fsp3) is 0.200. The molecule has 0 bridgehead atoms. The number of nitrogens with zero attached hydrogens (tertiary/aromatic N) is 2. The number of amides is 1. The Labute approximate surface area is 172 Å². The summed E-state index contributed by atoms with van der Waals surface area (Å²) in [5, 5.41) is 23.6. The van der Waals surface area contributed by atoms with Gasteiger partial charge in [-0.2, -0.15) is 5.26 Å². The molecule has 0 heterocycles. The summed E-state index contributed by atoms with van der Waals surface area (Å²) in [5.74, 6) is -0.306. The van der Waals surface area contributed by atoms with Crippen molar-refractivity contribution in [1.29, 1.82) is 5.26 Å². The predicted octanol–water partition coefficient (Wildman–Crippen LogP) is 4.10. The topological polar surface area (TPSA) is 114 Å². The van der Waals surface area contributed by atoms with Crippen molar-refractivity contribution in [1.82, 2.24) is 5.32 Å². The number of benzene rings is 2. The first-order valence-electron chi connectivity index (χ1n) is 8.56. The van der Waals surface area contributed by atoms with Gasteiger partial charge in [-0.1, -0.05) is 29.8 Å². The van der Waals surface area contributed by atoms with Crippen molar-refractivity contribution in [3.05, 3.63) is 68.7 Å². The van der Waals surface area contributed by atoms with Gasteiger partial charge in [-0.3, -0.25) is 14.9 Å². The van der Waals surface area contributed by atoms with E-state index in [0.717, 1.165) is 0 Å². The van der Waals surface area contributed by atoms with E-state index in [2.05, 4.69) is 5.32 Å². The lowest BCUT2D eigenvalue weighted by Crippen LogP contribution is -2.26. The highest BCUT2D eigenvalue weighted by Crippen LogP contribution is 2.35. The number of ether oxygens (including phenoxy) is 2. The number of halogens is 1. The summed E-state index contributed by atoms with van der Waals surface area (Å²) in [6.45, 7) is 0.821.